The summed E-state index contributed by atoms with van der Waals surface area (Å²) in [6.07, 6.45) is 6.98. The average molecular weight is 401 g/mol. The summed E-state index contributed by atoms with van der Waals surface area (Å²) in [6, 6.07) is 0. The zero-order chi connectivity index (χ0) is 22.1. The summed E-state index contributed by atoms with van der Waals surface area (Å²) in [5, 5.41) is 10.5. The van der Waals surface area contributed by atoms with Gasteiger partial charge in [0.25, 0.3) is 0 Å². The molecule has 0 aromatic carbocycles. The van der Waals surface area contributed by atoms with Gasteiger partial charge in [-0.1, -0.05) is 44.1 Å². The molecule has 0 amide bonds. The van der Waals surface area contributed by atoms with Crippen molar-refractivity contribution in [1.29, 1.82) is 0 Å². The highest BCUT2D eigenvalue weighted by Gasteiger charge is 2.60. The van der Waals surface area contributed by atoms with Gasteiger partial charge >= 0.3 is 0 Å². The van der Waals surface area contributed by atoms with Crippen molar-refractivity contribution in [3.8, 4) is 0 Å². The first-order valence-corrected chi connectivity index (χ1v) is 10.7. The van der Waals surface area contributed by atoms with Crippen LogP contribution in [0.5, 0.6) is 0 Å². The van der Waals surface area contributed by atoms with E-state index in [9.17, 15) is 19.5 Å². The molecule has 160 valence electrons. The number of rotatable bonds is 6. The summed E-state index contributed by atoms with van der Waals surface area (Å²) < 4.78 is 0. The minimum atomic E-state index is -0.851. The lowest BCUT2D eigenvalue weighted by atomic mass is 9.50. The van der Waals surface area contributed by atoms with E-state index in [-0.39, 0.29) is 29.0 Å². The molecule has 0 heterocycles. The predicted octanol–water partition coefficient (Wildman–Crippen LogP) is 5.54. The molecule has 0 saturated heterocycles. The average Bonchev–Trinajstić information content (AvgIpc) is 2.59. The maximum Gasteiger partial charge on any atom is 0.180 e. The molecule has 1 N–H and O–H groups in total. The molecule has 2 fully saturated rings. The van der Waals surface area contributed by atoms with Crippen LogP contribution in [0.25, 0.3) is 0 Å². The SMILES string of the molecule is CC(C)=CCC[C@@]1(C)[C@H](CC=C(C)C)C[C@@H]2C(=O)C(=C(O)C(C)C)C(=O)[C@H]1C2=O. The second-order valence-corrected chi connectivity index (χ2v) is 9.81. The molecular formula is C25H36O4. The number of carbonyl (C=O) groups is 3. The van der Waals surface area contributed by atoms with Crippen LogP contribution in [0.15, 0.2) is 34.6 Å². The second kappa shape index (κ2) is 8.81. The third-order valence-electron chi connectivity index (χ3n) is 6.66. The van der Waals surface area contributed by atoms with Crippen molar-refractivity contribution in [3.63, 3.8) is 0 Å². The summed E-state index contributed by atoms with van der Waals surface area (Å²) in [5.74, 6) is -3.27. The van der Waals surface area contributed by atoms with E-state index in [2.05, 4.69) is 12.2 Å². The number of hydrogen-bond acceptors (Lipinski definition) is 4. The number of aliphatic hydroxyl groups excluding tert-OH is 1. The first kappa shape index (κ1) is 23.3. The van der Waals surface area contributed by atoms with Crippen LogP contribution in [0.4, 0.5) is 0 Å². The van der Waals surface area contributed by atoms with Gasteiger partial charge in [-0.3, -0.25) is 14.4 Å². The molecule has 29 heavy (non-hydrogen) atoms. The smallest absolute Gasteiger partial charge is 0.180 e. The molecule has 0 unspecified atom stereocenters. The van der Waals surface area contributed by atoms with Crippen molar-refractivity contribution in [2.24, 2.45) is 29.1 Å². The van der Waals surface area contributed by atoms with Gasteiger partial charge in [0, 0.05) is 5.92 Å². The first-order valence-electron chi connectivity index (χ1n) is 10.7. The van der Waals surface area contributed by atoms with Crippen LogP contribution in [0, 0.1) is 29.1 Å². The van der Waals surface area contributed by atoms with Crippen LogP contribution in [0.2, 0.25) is 0 Å². The van der Waals surface area contributed by atoms with E-state index in [1.807, 2.05) is 34.6 Å². The highest BCUT2D eigenvalue weighted by atomic mass is 16.3. The zero-order valence-electron chi connectivity index (χ0n) is 19.0. The first-order chi connectivity index (χ1) is 13.4. The quantitative estimate of drug-likeness (QED) is 0.209. The van der Waals surface area contributed by atoms with Gasteiger partial charge < -0.3 is 5.11 Å². The summed E-state index contributed by atoms with van der Waals surface area (Å²) in [5.41, 5.74) is 1.74. The molecule has 0 spiro atoms. The molecule has 4 nitrogen and oxygen atoms in total. The van der Waals surface area contributed by atoms with Crippen molar-refractivity contribution in [2.75, 3.05) is 0 Å². The Balaban J connectivity index is 2.57. The topological polar surface area (TPSA) is 71.4 Å². The Hall–Kier alpha value is -1.97. The van der Waals surface area contributed by atoms with Gasteiger partial charge in [-0.2, -0.15) is 0 Å². The predicted molar refractivity (Wildman–Crippen MR) is 115 cm³/mol. The minimum absolute atomic E-state index is 0.0753. The second-order valence-electron chi connectivity index (χ2n) is 9.81. The van der Waals surface area contributed by atoms with Crippen molar-refractivity contribution < 1.29 is 19.5 Å². The molecule has 2 bridgehead atoms. The maximum atomic E-state index is 13.4. The van der Waals surface area contributed by atoms with E-state index < -0.39 is 28.8 Å². The number of fused-ring (bicyclic) bond motifs is 2. The molecule has 0 aromatic heterocycles. The fourth-order valence-electron chi connectivity index (χ4n) is 4.84. The molecule has 2 aliphatic rings. The molecule has 2 rings (SSSR count). The number of carbonyl (C=O) groups excluding carboxylic acids is 3. The molecule has 2 saturated carbocycles. The summed E-state index contributed by atoms with van der Waals surface area (Å²) in [6.45, 7) is 13.7. The molecule has 4 atom stereocenters. The van der Waals surface area contributed by atoms with Gasteiger partial charge in [0.2, 0.25) is 0 Å². The van der Waals surface area contributed by atoms with Crippen molar-refractivity contribution in [1.82, 2.24) is 0 Å². The standard InChI is InChI=1S/C25H36O4/c1-14(2)9-8-12-25(7)17(11-10-15(3)4)13-18-22(27)19(21(26)16(5)6)24(29)20(25)23(18)28/h9-10,16-18,20,26H,8,11-13H2,1-7H3/t17-,18-,20-,25+/m1/s1. The number of allylic oxidation sites excluding steroid dienone is 6. The molecule has 4 heteroatoms. The van der Waals surface area contributed by atoms with Gasteiger partial charge in [-0.05, 0) is 64.7 Å². The summed E-state index contributed by atoms with van der Waals surface area (Å²) >= 11 is 0. The summed E-state index contributed by atoms with van der Waals surface area (Å²) in [7, 11) is 0. The molecular weight excluding hydrogens is 364 g/mol. The highest BCUT2D eigenvalue weighted by molar-refractivity contribution is 6.35. The van der Waals surface area contributed by atoms with Gasteiger partial charge in [0.15, 0.2) is 17.3 Å². The third kappa shape index (κ3) is 4.46. The Morgan fingerprint density at radius 3 is 2.17 bits per heavy atom. The zero-order valence-corrected chi connectivity index (χ0v) is 19.0. The van der Waals surface area contributed by atoms with Crippen LogP contribution in [0.3, 0.4) is 0 Å². The summed E-state index contributed by atoms with van der Waals surface area (Å²) in [4.78, 5) is 39.6. The fourth-order valence-corrected chi connectivity index (χ4v) is 4.84. The van der Waals surface area contributed by atoms with Gasteiger partial charge in [0.05, 0.1) is 17.4 Å². The number of aliphatic hydroxyl groups is 1. The normalized spacial score (nSPS) is 31.0. The van der Waals surface area contributed by atoms with E-state index in [4.69, 9.17) is 0 Å². The minimum Gasteiger partial charge on any atom is -0.511 e. The van der Waals surface area contributed by atoms with Gasteiger partial charge in [-0.15, -0.1) is 0 Å². The van der Waals surface area contributed by atoms with Crippen LogP contribution in [-0.4, -0.2) is 22.5 Å². The molecule has 0 radical (unpaired) electrons. The van der Waals surface area contributed by atoms with E-state index >= 15 is 0 Å². The highest BCUT2D eigenvalue weighted by Crippen LogP contribution is 2.54. The van der Waals surface area contributed by atoms with E-state index in [1.165, 1.54) is 11.1 Å². The Labute approximate surface area is 175 Å². The Morgan fingerprint density at radius 2 is 1.66 bits per heavy atom. The monoisotopic (exact) mass is 400 g/mol. The van der Waals surface area contributed by atoms with E-state index in [0.717, 1.165) is 12.8 Å². The maximum absolute atomic E-state index is 13.4. The lowest BCUT2D eigenvalue weighted by Gasteiger charge is -2.50. The van der Waals surface area contributed by atoms with Gasteiger partial charge in [0.1, 0.15) is 5.76 Å². The largest absolute Gasteiger partial charge is 0.511 e. The fraction of sp³-hybridized carbons (Fsp3) is 0.640. The van der Waals surface area contributed by atoms with E-state index in [0.29, 0.717) is 12.8 Å². The van der Waals surface area contributed by atoms with Crippen molar-refractivity contribution in [3.05, 3.63) is 34.6 Å². The number of ketones is 3. The van der Waals surface area contributed by atoms with Gasteiger partial charge in [-0.25, -0.2) is 0 Å². The van der Waals surface area contributed by atoms with Crippen LogP contribution in [-0.2, 0) is 14.4 Å². The van der Waals surface area contributed by atoms with Crippen molar-refractivity contribution >= 4 is 17.3 Å². The number of hydrogen-bond donors (Lipinski definition) is 1. The molecule has 0 aromatic rings. The van der Waals surface area contributed by atoms with Crippen LogP contribution < -0.4 is 0 Å². The van der Waals surface area contributed by atoms with Crippen molar-refractivity contribution in [2.45, 2.75) is 74.1 Å². The van der Waals surface area contributed by atoms with Crippen LogP contribution >= 0.6 is 0 Å². The Morgan fingerprint density at radius 1 is 1.07 bits per heavy atom. The molecule has 2 aliphatic carbocycles. The Kier molecular flexibility index (Phi) is 7.08. The Bertz CT molecular complexity index is 788. The lowest BCUT2D eigenvalue weighted by molar-refractivity contribution is -0.154. The third-order valence-corrected chi connectivity index (χ3v) is 6.66. The number of Topliss-reactive ketones (excluding diaryl/α,β-unsaturated/α-hetero) is 3. The van der Waals surface area contributed by atoms with E-state index in [1.54, 1.807) is 13.8 Å². The lowest BCUT2D eigenvalue weighted by Crippen LogP contribution is -2.58. The van der Waals surface area contributed by atoms with Crippen LogP contribution in [0.1, 0.15) is 74.1 Å². The molecule has 0 aliphatic heterocycles.